The third-order valence-corrected chi connectivity index (χ3v) is 3.74. The number of amides is 1. The second kappa shape index (κ2) is 6.92. The van der Waals surface area contributed by atoms with Crippen LogP contribution >= 0.6 is 15.9 Å². The summed E-state index contributed by atoms with van der Waals surface area (Å²) < 4.78 is 2.63. The fourth-order valence-corrected chi connectivity index (χ4v) is 2.45. The lowest BCUT2D eigenvalue weighted by molar-refractivity contribution is -0.137. The molecule has 1 amide bonds. The van der Waals surface area contributed by atoms with Crippen LogP contribution in [0.3, 0.4) is 0 Å². The monoisotopic (exact) mass is 344 g/mol. The van der Waals surface area contributed by atoms with E-state index in [1.54, 1.807) is 10.6 Å². The first-order valence-electron chi connectivity index (χ1n) is 6.53. The summed E-state index contributed by atoms with van der Waals surface area (Å²) in [6, 6.07) is 1.77. The van der Waals surface area contributed by atoms with E-state index in [-0.39, 0.29) is 17.7 Å². The van der Waals surface area contributed by atoms with Gasteiger partial charge in [-0.3, -0.25) is 9.59 Å². The molecule has 0 aliphatic rings. The number of nitrogens with zero attached hydrogens (tertiary/aromatic N) is 1. The normalized spacial score (nSPS) is 11.4. The molecule has 0 atom stereocenters. The molecule has 1 aromatic rings. The Labute approximate surface area is 127 Å². The first kappa shape index (κ1) is 16.8. The van der Waals surface area contributed by atoms with Crippen LogP contribution in [0, 0.1) is 5.41 Å². The number of aryl methyl sites for hydroxylation is 1. The summed E-state index contributed by atoms with van der Waals surface area (Å²) in [4.78, 5) is 22.6. The van der Waals surface area contributed by atoms with Gasteiger partial charge in [-0.05, 0) is 40.3 Å². The van der Waals surface area contributed by atoms with E-state index in [1.165, 1.54) is 0 Å². The largest absolute Gasteiger partial charge is 0.481 e. The van der Waals surface area contributed by atoms with Gasteiger partial charge in [-0.2, -0.15) is 0 Å². The van der Waals surface area contributed by atoms with Gasteiger partial charge < -0.3 is 15.0 Å². The maximum Gasteiger partial charge on any atom is 0.303 e. The van der Waals surface area contributed by atoms with Gasteiger partial charge in [0.15, 0.2) is 0 Å². The predicted molar refractivity (Wildman–Crippen MR) is 80.7 cm³/mol. The Morgan fingerprint density at radius 1 is 1.40 bits per heavy atom. The smallest absolute Gasteiger partial charge is 0.303 e. The Hall–Kier alpha value is -1.30. The summed E-state index contributed by atoms with van der Waals surface area (Å²) in [5, 5.41) is 11.6. The summed E-state index contributed by atoms with van der Waals surface area (Å²) >= 11 is 3.33. The number of carboxylic acid groups (broad SMARTS) is 1. The van der Waals surface area contributed by atoms with Crippen LogP contribution in [0.15, 0.2) is 16.7 Å². The predicted octanol–water partition coefficient (Wildman–Crippen LogP) is 2.80. The first-order valence-corrected chi connectivity index (χ1v) is 7.32. The SMILES string of the molecule is Cn1cc(Br)cc1C(=O)NCCC(C)(C)CCC(=O)O. The van der Waals surface area contributed by atoms with Gasteiger partial charge in [0.05, 0.1) is 0 Å². The fraction of sp³-hybridized carbons (Fsp3) is 0.571. The Balaban J connectivity index is 2.42. The number of carbonyl (C=O) groups excluding carboxylic acids is 1. The molecule has 0 bridgehead atoms. The van der Waals surface area contributed by atoms with Crippen molar-refractivity contribution >= 4 is 27.8 Å². The zero-order valence-electron chi connectivity index (χ0n) is 12.1. The molecule has 0 radical (unpaired) electrons. The van der Waals surface area contributed by atoms with Gasteiger partial charge in [0.2, 0.25) is 0 Å². The van der Waals surface area contributed by atoms with Gasteiger partial charge in [-0.25, -0.2) is 0 Å². The molecule has 0 aliphatic carbocycles. The van der Waals surface area contributed by atoms with E-state index in [0.717, 1.165) is 10.9 Å². The van der Waals surface area contributed by atoms with Crippen molar-refractivity contribution in [3.05, 3.63) is 22.4 Å². The van der Waals surface area contributed by atoms with E-state index >= 15 is 0 Å². The van der Waals surface area contributed by atoms with E-state index in [2.05, 4.69) is 21.2 Å². The van der Waals surface area contributed by atoms with Gasteiger partial charge in [0, 0.05) is 30.7 Å². The molecule has 0 aromatic carbocycles. The summed E-state index contributed by atoms with van der Waals surface area (Å²) in [5.41, 5.74) is 0.501. The summed E-state index contributed by atoms with van der Waals surface area (Å²) in [5.74, 6) is -0.900. The topological polar surface area (TPSA) is 71.3 Å². The van der Waals surface area contributed by atoms with Crippen LogP contribution in [-0.2, 0) is 11.8 Å². The van der Waals surface area contributed by atoms with Crippen molar-refractivity contribution in [1.82, 2.24) is 9.88 Å². The minimum atomic E-state index is -0.782. The number of halogens is 1. The van der Waals surface area contributed by atoms with Gasteiger partial charge >= 0.3 is 5.97 Å². The number of rotatable bonds is 7. The minimum Gasteiger partial charge on any atom is -0.481 e. The minimum absolute atomic E-state index is 0.0968. The number of nitrogens with one attached hydrogen (secondary N) is 1. The van der Waals surface area contributed by atoms with Crippen LogP contribution in [-0.4, -0.2) is 28.1 Å². The lowest BCUT2D eigenvalue weighted by atomic mass is 9.84. The molecule has 0 unspecified atom stereocenters. The lowest BCUT2D eigenvalue weighted by Crippen LogP contribution is -2.29. The highest BCUT2D eigenvalue weighted by molar-refractivity contribution is 9.10. The molecule has 1 rings (SSSR count). The Kier molecular flexibility index (Phi) is 5.80. The van der Waals surface area contributed by atoms with E-state index in [1.807, 2.05) is 27.1 Å². The quantitative estimate of drug-likeness (QED) is 0.798. The summed E-state index contributed by atoms with van der Waals surface area (Å²) in [6.07, 6.45) is 3.34. The average molecular weight is 345 g/mol. The third-order valence-electron chi connectivity index (χ3n) is 3.31. The van der Waals surface area contributed by atoms with Crippen molar-refractivity contribution in [2.24, 2.45) is 12.5 Å². The van der Waals surface area contributed by atoms with Crippen LogP contribution in [0.2, 0.25) is 0 Å². The molecule has 1 heterocycles. The maximum absolute atomic E-state index is 12.0. The van der Waals surface area contributed by atoms with Crippen molar-refractivity contribution in [3.8, 4) is 0 Å². The number of aromatic nitrogens is 1. The number of hydrogen-bond donors (Lipinski definition) is 2. The zero-order valence-corrected chi connectivity index (χ0v) is 13.7. The Morgan fingerprint density at radius 3 is 2.55 bits per heavy atom. The molecule has 0 spiro atoms. The number of carbonyl (C=O) groups is 2. The maximum atomic E-state index is 12.0. The molecular formula is C14H21BrN2O3. The Bertz CT molecular complexity index is 495. The molecule has 0 aliphatic heterocycles. The number of hydrogen-bond acceptors (Lipinski definition) is 2. The van der Waals surface area contributed by atoms with Crippen LogP contribution < -0.4 is 5.32 Å². The van der Waals surface area contributed by atoms with Gasteiger partial charge in [0.1, 0.15) is 5.69 Å². The molecule has 0 saturated heterocycles. The van der Waals surface area contributed by atoms with Crippen molar-refractivity contribution in [2.75, 3.05) is 6.54 Å². The number of carboxylic acids is 1. The van der Waals surface area contributed by atoms with Gasteiger partial charge in [-0.1, -0.05) is 13.8 Å². The van der Waals surface area contributed by atoms with E-state index in [0.29, 0.717) is 18.7 Å². The van der Waals surface area contributed by atoms with Crippen LogP contribution in [0.4, 0.5) is 0 Å². The lowest BCUT2D eigenvalue weighted by Gasteiger charge is -2.23. The number of aliphatic carboxylic acids is 1. The average Bonchev–Trinajstić information content (AvgIpc) is 2.66. The van der Waals surface area contributed by atoms with Crippen LogP contribution in [0.5, 0.6) is 0 Å². The fourth-order valence-electron chi connectivity index (χ4n) is 1.93. The highest BCUT2D eigenvalue weighted by Crippen LogP contribution is 2.26. The molecule has 6 heteroatoms. The summed E-state index contributed by atoms with van der Waals surface area (Å²) in [6.45, 7) is 4.57. The van der Waals surface area contributed by atoms with E-state index in [4.69, 9.17) is 5.11 Å². The molecule has 2 N–H and O–H groups in total. The second-order valence-corrected chi connectivity index (χ2v) is 6.63. The van der Waals surface area contributed by atoms with Crippen LogP contribution in [0.1, 0.15) is 43.6 Å². The van der Waals surface area contributed by atoms with Crippen molar-refractivity contribution in [1.29, 1.82) is 0 Å². The van der Waals surface area contributed by atoms with Crippen LogP contribution in [0.25, 0.3) is 0 Å². The van der Waals surface area contributed by atoms with Gasteiger partial charge in [0.25, 0.3) is 5.91 Å². The highest BCUT2D eigenvalue weighted by atomic mass is 79.9. The third kappa shape index (κ3) is 5.36. The Morgan fingerprint density at radius 2 is 2.05 bits per heavy atom. The zero-order chi connectivity index (χ0) is 15.3. The van der Waals surface area contributed by atoms with E-state index in [9.17, 15) is 9.59 Å². The highest BCUT2D eigenvalue weighted by Gasteiger charge is 2.19. The standard InChI is InChI=1S/C14H21BrN2O3/c1-14(2,5-4-12(18)19)6-7-16-13(20)11-8-10(15)9-17(11)3/h8-9H,4-7H2,1-3H3,(H,16,20)(H,18,19). The molecule has 20 heavy (non-hydrogen) atoms. The van der Waals surface area contributed by atoms with E-state index < -0.39 is 5.97 Å². The van der Waals surface area contributed by atoms with Crippen molar-refractivity contribution < 1.29 is 14.7 Å². The molecule has 0 saturated carbocycles. The summed E-state index contributed by atoms with van der Waals surface area (Å²) in [7, 11) is 1.82. The molecule has 0 fully saturated rings. The molecule has 112 valence electrons. The van der Waals surface area contributed by atoms with Crippen molar-refractivity contribution in [3.63, 3.8) is 0 Å². The van der Waals surface area contributed by atoms with Crippen molar-refractivity contribution in [2.45, 2.75) is 33.1 Å². The first-order chi connectivity index (χ1) is 9.21. The molecule has 1 aromatic heterocycles. The second-order valence-electron chi connectivity index (χ2n) is 5.72. The molecule has 5 nitrogen and oxygen atoms in total. The molecular weight excluding hydrogens is 324 g/mol. The van der Waals surface area contributed by atoms with Gasteiger partial charge in [-0.15, -0.1) is 0 Å².